The van der Waals surface area contributed by atoms with Gasteiger partial charge in [-0.25, -0.2) is 0 Å². The van der Waals surface area contributed by atoms with Crippen LogP contribution < -0.4 is 15.8 Å². The highest BCUT2D eigenvalue weighted by atomic mass is 79.9. The maximum Gasteiger partial charge on any atom is 0.257 e. The van der Waals surface area contributed by atoms with E-state index < -0.39 is 0 Å². The van der Waals surface area contributed by atoms with Crippen LogP contribution in [0, 0.1) is 0 Å². The summed E-state index contributed by atoms with van der Waals surface area (Å²) in [5.74, 6) is 0.492. The molecule has 0 aliphatic heterocycles. The number of nitrogens with two attached hydrogens (primary N) is 1. The Kier molecular flexibility index (Phi) is 5.11. The van der Waals surface area contributed by atoms with Crippen molar-refractivity contribution in [1.29, 1.82) is 0 Å². The van der Waals surface area contributed by atoms with Gasteiger partial charge in [-0.05, 0) is 40.5 Å². The molecule has 0 fully saturated rings. The average Bonchev–Trinajstić information content (AvgIpc) is 2.25. The van der Waals surface area contributed by atoms with Crippen molar-refractivity contribution in [3.05, 3.63) is 22.7 Å². The van der Waals surface area contributed by atoms with Crippen LogP contribution in [0.25, 0.3) is 0 Å². The monoisotopic (exact) mass is 286 g/mol. The fourth-order valence-corrected chi connectivity index (χ4v) is 1.60. The van der Waals surface area contributed by atoms with Gasteiger partial charge in [0.15, 0.2) is 6.61 Å². The Morgan fingerprint density at radius 3 is 2.94 bits per heavy atom. The van der Waals surface area contributed by atoms with Gasteiger partial charge < -0.3 is 15.8 Å². The number of hydrogen-bond donors (Lipinski definition) is 2. The number of benzene rings is 1. The van der Waals surface area contributed by atoms with Gasteiger partial charge in [-0.3, -0.25) is 4.79 Å². The molecule has 4 nitrogen and oxygen atoms in total. The van der Waals surface area contributed by atoms with E-state index in [1.807, 2.05) is 6.92 Å². The molecule has 1 aromatic rings. The standard InChI is InChI=1S/C11H15BrN2O2/c1-2-5-14-11(15)7-16-10-4-3-8(13)6-9(10)12/h3-4,6H,2,5,7,13H2,1H3,(H,14,15). The predicted molar refractivity (Wildman–Crippen MR) is 67.4 cm³/mol. The Balaban J connectivity index is 2.45. The molecule has 16 heavy (non-hydrogen) atoms. The van der Waals surface area contributed by atoms with E-state index in [-0.39, 0.29) is 12.5 Å². The highest BCUT2D eigenvalue weighted by Gasteiger charge is 2.04. The van der Waals surface area contributed by atoms with Crippen molar-refractivity contribution in [2.24, 2.45) is 0 Å². The zero-order chi connectivity index (χ0) is 12.0. The van der Waals surface area contributed by atoms with E-state index >= 15 is 0 Å². The fraction of sp³-hybridized carbons (Fsp3) is 0.364. The van der Waals surface area contributed by atoms with Gasteiger partial charge in [0, 0.05) is 12.2 Å². The summed E-state index contributed by atoms with van der Waals surface area (Å²) in [5, 5.41) is 2.73. The summed E-state index contributed by atoms with van der Waals surface area (Å²) in [6, 6.07) is 5.19. The van der Waals surface area contributed by atoms with Crippen molar-refractivity contribution in [2.45, 2.75) is 13.3 Å². The normalized spacial score (nSPS) is 9.88. The molecule has 0 aliphatic rings. The second kappa shape index (κ2) is 6.37. The Morgan fingerprint density at radius 2 is 2.31 bits per heavy atom. The number of nitrogen functional groups attached to an aromatic ring is 1. The van der Waals surface area contributed by atoms with E-state index in [1.165, 1.54) is 0 Å². The van der Waals surface area contributed by atoms with Crippen LogP contribution in [-0.2, 0) is 4.79 Å². The second-order valence-electron chi connectivity index (χ2n) is 3.33. The molecule has 0 aliphatic carbocycles. The molecule has 88 valence electrons. The van der Waals surface area contributed by atoms with E-state index in [0.717, 1.165) is 10.9 Å². The highest BCUT2D eigenvalue weighted by Crippen LogP contribution is 2.26. The largest absolute Gasteiger partial charge is 0.483 e. The van der Waals surface area contributed by atoms with E-state index in [1.54, 1.807) is 18.2 Å². The van der Waals surface area contributed by atoms with E-state index in [9.17, 15) is 4.79 Å². The molecule has 1 rings (SSSR count). The number of nitrogens with one attached hydrogen (secondary N) is 1. The minimum Gasteiger partial charge on any atom is -0.483 e. The molecule has 3 N–H and O–H groups in total. The molecule has 0 saturated carbocycles. The van der Waals surface area contributed by atoms with Gasteiger partial charge in [-0.1, -0.05) is 6.92 Å². The summed E-state index contributed by atoms with van der Waals surface area (Å²) < 4.78 is 6.08. The molecule has 0 radical (unpaired) electrons. The van der Waals surface area contributed by atoms with E-state index in [0.29, 0.717) is 18.0 Å². The molecule has 0 bridgehead atoms. The topological polar surface area (TPSA) is 64.3 Å². The van der Waals surface area contributed by atoms with Crippen LogP contribution in [0.5, 0.6) is 5.75 Å². The number of carbonyl (C=O) groups excluding carboxylic acids is 1. The molecule has 0 atom stereocenters. The average molecular weight is 287 g/mol. The van der Waals surface area contributed by atoms with Crippen LogP contribution in [0.3, 0.4) is 0 Å². The van der Waals surface area contributed by atoms with Gasteiger partial charge in [-0.15, -0.1) is 0 Å². The number of anilines is 1. The first-order chi connectivity index (χ1) is 7.63. The molecule has 1 aromatic carbocycles. The first kappa shape index (κ1) is 12.8. The zero-order valence-electron chi connectivity index (χ0n) is 9.13. The Hall–Kier alpha value is -1.23. The van der Waals surface area contributed by atoms with Crippen molar-refractivity contribution >= 4 is 27.5 Å². The first-order valence-electron chi connectivity index (χ1n) is 5.08. The summed E-state index contributed by atoms with van der Waals surface area (Å²) in [5.41, 5.74) is 6.23. The van der Waals surface area contributed by atoms with Gasteiger partial charge in [0.2, 0.25) is 0 Å². The lowest BCUT2D eigenvalue weighted by atomic mass is 10.3. The third-order valence-corrected chi connectivity index (χ3v) is 2.51. The Labute approximate surface area is 103 Å². The number of amides is 1. The maximum atomic E-state index is 11.3. The zero-order valence-corrected chi connectivity index (χ0v) is 10.7. The minimum atomic E-state index is -0.120. The van der Waals surface area contributed by atoms with Gasteiger partial charge >= 0.3 is 0 Å². The lowest BCUT2D eigenvalue weighted by molar-refractivity contribution is -0.123. The number of halogens is 1. The van der Waals surface area contributed by atoms with Crippen molar-refractivity contribution in [3.63, 3.8) is 0 Å². The van der Waals surface area contributed by atoms with Crippen LogP contribution in [0.1, 0.15) is 13.3 Å². The van der Waals surface area contributed by atoms with Crippen LogP contribution >= 0.6 is 15.9 Å². The van der Waals surface area contributed by atoms with Crippen molar-refractivity contribution in [2.75, 3.05) is 18.9 Å². The van der Waals surface area contributed by atoms with Crippen molar-refractivity contribution < 1.29 is 9.53 Å². The van der Waals surface area contributed by atoms with Gasteiger partial charge in [0.25, 0.3) is 5.91 Å². The van der Waals surface area contributed by atoms with Crippen LogP contribution in [0.15, 0.2) is 22.7 Å². The Morgan fingerprint density at radius 1 is 1.56 bits per heavy atom. The molecular weight excluding hydrogens is 272 g/mol. The maximum absolute atomic E-state index is 11.3. The number of carbonyl (C=O) groups is 1. The molecule has 0 aromatic heterocycles. The van der Waals surface area contributed by atoms with Gasteiger partial charge in [-0.2, -0.15) is 0 Å². The molecule has 0 unspecified atom stereocenters. The van der Waals surface area contributed by atoms with Crippen molar-refractivity contribution in [1.82, 2.24) is 5.32 Å². The van der Waals surface area contributed by atoms with Crippen LogP contribution in [0.2, 0.25) is 0 Å². The quantitative estimate of drug-likeness (QED) is 0.813. The molecular formula is C11H15BrN2O2. The summed E-state index contributed by atoms with van der Waals surface area (Å²) in [6.45, 7) is 2.69. The number of ether oxygens (including phenoxy) is 1. The minimum absolute atomic E-state index is 0.0164. The molecule has 5 heteroatoms. The first-order valence-corrected chi connectivity index (χ1v) is 5.87. The summed E-state index contributed by atoms with van der Waals surface area (Å²) >= 11 is 3.31. The number of rotatable bonds is 5. The van der Waals surface area contributed by atoms with Gasteiger partial charge in [0.05, 0.1) is 4.47 Å². The Bertz CT molecular complexity index is 369. The SMILES string of the molecule is CCCNC(=O)COc1ccc(N)cc1Br. The third kappa shape index (κ3) is 4.10. The lowest BCUT2D eigenvalue weighted by Crippen LogP contribution is -2.29. The van der Waals surface area contributed by atoms with E-state index in [4.69, 9.17) is 10.5 Å². The summed E-state index contributed by atoms with van der Waals surface area (Å²) in [7, 11) is 0. The van der Waals surface area contributed by atoms with Crippen LogP contribution in [-0.4, -0.2) is 19.1 Å². The predicted octanol–water partition coefficient (Wildman–Crippen LogP) is 1.94. The van der Waals surface area contributed by atoms with Crippen molar-refractivity contribution in [3.8, 4) is 5.75 Å². The highest BCUT2D eigenvalue weighted by molar-refractivity contribution is 9.10. The molecule has 1 amide bonds. The van der Waals surface area contributed by atoms with Crippen LogP contribution in [0.4, 0.5) is 5.69 Å². The molecule has 0 heterocycles. The van der Waals surface area contributed by atoms with Gasteiger partial charge in [0.1, 0.15) is 5.75 Å². The summed E-state index contributed by atoms with van der Waals surface area (Å²) in [6.07, 6.45) is 0.914. The summed E-state index contributed by atoms with van der Waals surface area (Å²) in [4.78, 5) is 11.3. The molecule has 0 saturated heterocycles. The third-order valence-electron chi connectivity index (χ3n) is 1.89. The fourth-order valence-electron chi connectivity index (χ4n) is 1.09. The molecule has 0 spiro atoms. The smallest absolute Gasteiger partial charge is 0.257 e. The lowest BCUT2D eigenvalue weighted by Gasteiger charge is -2.08. The van der Waals surface area contributed by atoms with E-state index in [2.05, 4.69) is 21.2 Å². The second-order valence-corrected chi connectivity index (χ2v) is 4.18. The number of hydrogen-bond acceptors (Lipinski definition) is 3.